The van der Waals surface area contributed by atoms with Crippen molar-refractivity contribution in [3.05, 3.63) is 29.6 Å². The fourth-order valence-electron chi connectivity index (χ4n) is 3.65. The van der Waals surface area contributed by atoms with E-state index in [0.29, 0.717) is 31.9 Å². The molecule has 0 N–H and O–H groups in total. The van der Waals surface area contributed by atoms with Gasteiger partial charge < -0.3 is 9.64 Å². The molecule has 1 aromatic carbocycles. The van der Waals surface area contributed by atoms with E-state index in [9.17, 15) is 23.0 Å². The highest BCUT2D eigenvalue weighted by molar-refractivity contribution is 7.84. The first-order chi connectivity index (χ1) is 14.8. The van der Waals surface area contributed by atoms with Gasteiger partial charge in [-0.15, -0.1) is 0 Å². The number of amides is 2. The lowest BCUT2D eigenvalue weighted by molar-refractivity contribution is -0.184. The fraction of sp³-hybridized carbons (Fsp3) is 0.550. The van der Waals surface area contributed by atoms with Crippen LogP contribution in [-0.2, 0) is 41.3 Å². The zero-order valence-electron chi connectivity index (χ0n) is 17.5. The molecule has 0 aliphatic carbocycles. The van der Waals surface area contributed by atoms with Crippen molar-refractivity contribution in [2.24, 2.45) is 5.92 Å². The number of halogens is 1. The van der Waals surface area contributed by atoms with Crippen molar-refractivity contribution in [2.45, 2.75) is 11.4 Å². The van der Waals surface area contributed by atoms with E-state index in [2.05, 4.69) is 4.90 Å². The smallest absolute Gasteiger partial charge is 0.290 e. The van der Waals surface area contributed by atoms with Crippen molar-refractivity contribution in [3.8, 4) is 0 Å². The van der Waals surface area contributed by atoms with Crippen LogP contribution in [0.15, 0.2) is 23.1 Å². The Morgan fingerprint density at radius 3 is 2.65 bits per heavy atom. The predicted octanol–water partition coefficient (Wildman–Crippen LogP) is -0.187. The molecule has 3 rings (SSSR count). The summed E-state index contributed by atoms with van der Waals surface area (Å²) in [6.07, 6.45) is 1.41. The maximum atomic E-state index is 13.5. The van der Waals surface area contributed by atoms with Crippen molar-refractivity contribution in [2.75, 3.05) is 59.3 Å². The van der Waals surface area contributed by atoms with Gasteiger partial charge in [-0.2, -0.15) is 0 Å². The largest absolute Gasteiger partial charge is 0.379 e. The van der Waals surface area contributed by atoms with Crippen LogP contribution >= 0.6 is 0 Å². The molecule has 31 heavy (non-hydrogen) atoms. The third-order valence-corrected chi connectivity index (χ3v) is 6.42. The van der Waals surface area contributed by atoms with Crippen molar-refractivity contribution in [1.82, 2.24) is 14.9 Å². The summed E-state index contributed by atoms with van der Waals surface area (Å²) in [4.78, 5) is 46.7. The van der Waals surface area contributed by atoms with Crippen LogP contribution in [0.3, 0.4) is 0 Å². The lowest BCUT2D eigenvalue weighted by Gasteiger charge is -2.28. The molecule has 0 aromatic heterocycles. The molecule has 11 heteroatoms. The van der Waals surface area contributed by atoms with Crippen molar-refractivity contribution >= 4 is 28.4 Å². The van der Waals surface area contributed by atoms with Crippen LogP contribution < -0.4 is 0 Å². The zero-order valence-corrected chi connectivity index (χ0v) is 18.4. The van der Waals surface area contributed by atoms with Gasteiger partial charge in [0.1, 0.15) is 11.7 Å². The van der Waals surface area contributed by atoms with Crippen LogP contribution in [0, 0.1) is 11.7 Å². The number of Topliss-reactive ketones (excluding diaryl/α,β-unsaturated/α-hetero) is 1. The second-order valence-electron chi connectivity index (χ2n) is 7.39. The van der Waals surface area contributed by atoms with Gasteiger partial charge in [0.15, 0.2) is 0 Å². The molecule has 0 spiro atoms. The number of morpholine rings is 1. The molecule has 2 aliphatic rings. The van der Waals surface area contributed by atoms with Crippen LogP contribution in [0.5, 0.6) is 0 Å². The number of carbonyl (C=O) groups is 3. The SMILES string of the molecule is CON(Cc1ccc(F)cc1S(C)=O)C(=O)C1CN(CCN2CCOCC2)C(=O)C1=O. The van der Waals surface area contributed by atoms with E-state index in [1.807, 2.05) is 0 Å². The number of nitrogens with zero attached hydrogens (tertiary/aromatic N) is 3. The van der Waals surface area contributed by atoms with E-state index in [0.717, 1.165) is 24.2 Å². The Balaban J connectivity index is 1.66. The first-order valence-corrected chi connectivity index (χ1v) is 11.5. The van der Waals surface area contributed by atoms with Gasteiger partial charge in [0.25, 0.3) is 11.8 Å². The highest BCUT2D eigenvalue weighted by Crippen LogP contribution is 2.21. The molecule has 0 saturated carbocycles. The van der Waals surface area contributed by atoms with Gasteiger partial charge in [-0.05, 0) is 17.7 Å². The van der Waals surface area contributed by atoms with Crippen LogP contribution in [-0.4, -0.2) is 96.0 Å². The van der Waals surface area contributed by atoms with Gasteiger partial charge in [0, 0.05) is 43.9 Å². The third-order valence-electron chi connectivity index (χ3n) is 5.42. The Morgan fingerprint density at radius 1 is 1.29 bits per heavy atom. The summed E-state index contributed by atoms with van der Waals surface area (Å²) >= 11 is 0. The van der Waals surface area contributed by atoms with Crippen LogP contribution in [0.1, 0.15) is 5.56 Å². The number of hydrogen-bond acceptors (Lipinski definition) is 7. The van der Waals surface area contributed by atoms with Gasteiger partial charge >= 0.3 is 0 Å². The number of benzene rings is 1. The Kier molecular flexibility index (Phi) is 7.87. The van der Waals surface area contributed by atoms with Gasteiger partial charge in [-0.1, -0.05) is 6.07 Å². The molecule has 0 radical (unpaired) electrons. The van der Waals surface area contributed by atoms with Gasteiger partial charge in [-0.25, -0.2) is 9.45 Å². The summed E-state index contributed by atoms with van der Waals surface area (Å²) in [5.74, 6) is -3.83. The number of hydrogen-bond donors (Lipinski definition) is 0. The minimum Gasteiger partial charge on any atom is -0.379 e. The van der Waals surface area contributed by atoms with Crippen molar-refractivity contribution < 1.29 is 32.6 Å². The Morgan fingerprint density at radius 2 is 2.00 bits per heavy atom. The van der Waals surface area contributed by atoms with Crippen LogP contribution in [0.25, 0.3) is 0 Å². The van der Waals surface area contributed by atoms with E-state index >= 15 is 0 Å². The van der Waals surface area contributed by atoms with Gasteiger partial charge in [-0.3, -0.25) is 28.3 Å². The van der Waals surface area contributed by atoms with Crippen molar-refractivity contribution in [1.29, 1.82) is 0 Å². The highest BCUT2D eigenvalue weighted by atomic mass is 32.2. The quantitative estimate of drug-likeness (QED) is 0.305. The maximum absolute atomic E-state index is 13.5. The van der Waals surface area contributed by atoms with E-state index in [1.165, 1.54) is 30.4 Å². The van der Waals surface area contributed by atoms with Gasteiger partial charge in [0.05, 0.1) is 37.7 Å². The minimum atomic E-state index is -1.48. The standard InChI is InChI=1S/C20H26FN3O6S/c1-29-24(12-14-3-4-15(21)11-17(14)31(2)28)19(26)16-13-23(20(27)18(16)25)6-5-22-7-9-30-10-8-22/h3-4,11,16H,5-10,12-13H2,1-2H3. The summed E-state index contributed by atoms with van der Waals surface area (Å²) < 4.78 is 30.8. The number of hydroxylamine groups is 2. The zero-order chi connectivity index (χ0) is 22.5. The number of likely N-dealkylation sites (tertiary alicyclic amines) is 1. The number of ether oxygens (including phenoxy) is 1. The first kappa shape index (κ1) is 23.5. The summed E-state index contributed by atoms with van der Waals surface area (Å²) in [7, 11) is -0.219. The summed E-state index contributed by atoms with van der Waals surface area (Å²) in [6.45, 7) is 3.57. The molecule has 1 aromatic rings. The average Bonchev–Trinajstić information content (AvgIpc) is 3.05. The lowest BCUT2D eigenvalue weighted by Crippen LogP contribution is -2.42. The van der Waals surface area contributed by atoms with E-state index in [-0.39, 0.29) is 18.0 Å². The number of rotatable bonds is 8. The second kappa shape index (κ2) is 10.4. The van der Waals surface area contributed by atoms with E-state index < -0.39 is 40.1 Å². The molecule has 2 aliphatic heterocycles. The molecule has 2 amide bonds. The molecule has 2 fully saturated rings. The maximum Gasteiger partial charge on any atom is 0.290 e. The minimum absolute atomic E-state index is 0.0172. The molecular formula is C20H26FN3O6S. The molecular weight excluding hydrogens is 429 g/mol. The van der Waals surface area contributed by atoms with Crippen LogP contribution in [0.2, 0.25) is 0 Å². The van der Waals surface area contributed by atoms with E-state index in [4.69, 9.17) is 9.57 Å². The molecule has 2 unspecified atom stereocenters. The summed E-state index contributed by atoms with van der Waals surface area (Å²) in [5.41, 5.74) is 0.429. The molecule has 2 atom stereocenters. The third kappa shape index (κ3) is 5.53. The van der Waals surface area contributed by atoms with Crippen molar-refractivity contribution in [3.63, 3.8) is 0 Å². The highest BCUT2D eigenvalue weighted by Gasteiger charge is 2.45. The molecule has 2 heterocycles. The second-order valence-corrected chi connectivity index (χ2v) is 8.73. The number of ketones is 1. The first-order valence-electron chi connectivity index (χ1n) is 9.92. The lowest BCUT2D eigenvalue weighted by atomic mass is 10.1. The summed E-state index contributed by atoms with van der Waals surface area (Å²) in [5, 5.41) is 0.949. The van der Waals surface area contributed by atoms with E-state index in [1.54, 1.807) is 0 Å². The summed E-state index contributed by atoms with van der Waals surface area (Å²) in [6, 6.07) is 3.75. The predicted molar refractivity (Wildman–Crippen MR) is 109 cm³/mol. The fourth-order valence-corrected chi connectivity index (χ4v) is 4.43. The van der Waals surface area contributed by atoms with Gasteiger partial charge in [0.2, 0.25) is 5.78 Å². The normalized spacial score (nSPS) is 20.9. The Bertz CT molecular complexity index is 876. The monoisotopic (exact) mass is 455 g/mol. The average molecular weight is 456 g/mol. The Labute approximate surface area is 182 Å². The molecule has 0 bridgehead atoms. The Hall–Kier alpha value is -2.21. The molecule has 9 nitrogen and oxygen atoms in total. The molecule has 2 saturated heterocycles. The topological polar surface area (TPSA) is 96.5 Å². The molecule has 170 valence electrons. The number of carbonyl (C=O) groups excluding carboxylic acids is 3. The van der Waals surface area contributed by atoms with Crippen LogP contribution in [0.4, 0.5) is 4.39 Å².